The van der Waals surface area contributed by atoms with Gasteiger partial charge in [-0.15, -0.1) is 0 Å². The first kappa shape index (κ1) is 25.7. The van der Waals surface area contributed by atoms with Crippen LogP contribution >= 0.6 is 33.9 Å². The van der Waals surface area contributed by atoms with Crippen LogP contribution in [-0.4, -0.2) is 32.4 Å². The first-order valence-electron chi connectivity index (χ1n) is 11.5. The maximum Gasteiger partial charge on any atom is 0.339 e. The minimum atomic E-state index is -1.21. The number of carbonyl (C=O) groups is 3. The molecule has 2 heterocycles. The average molecular weight is 636 g/mol. The van der Waals surface area contributed by atoms with Gasteiger partial charge in [0.15, 0.2) is 0 Å². The first-order valence-corrected chi connectivity index (χ1v) is 13.6. The molecule has 190 valence electrons. The van der Waals surface area contributed by atoms with E-state index >= 15 is 0 Å². The molecule has 0 spiro atoms. The number of fused-ring (bicyclic) bond motifs is 1. The molecular formula is C29H21IN2O5S. The minimum Gasteiger partial charge on any atom is -0.507 e. The number of nitrogens with one attached hydrogen (secondary N) is 1. The maximum absolute atomic E-state index is 12.7. The van der Waals surface area contributed by atoms with Crippen molar-refractivity contribution in [2.45, 2.75) is 6.42 Å². The molecule has 0 atom stereocenters. The number of Topliss-reactive ketones (excluding diaryl/α,β-unsaturated/α-hetero) is 1. The fourth-order valence-electron chi connectivity index (χ4n) is 4.37. The second-order valence-corrected chi connectivity index (χ2v) is 10.6. The molecule has 5 rings (SSSR count). The van der Waals surface area contributed by atoms with Crippen molar-refractivity contribution in [3.63, 3.8) is 0 Å². The second kappa shape index (κ2) is 10.4. The summed E-state index contributed by atoms with van der Waals surface area (Å²) < 4.78 is 2.65. The van der Waals surface area contributed by atoms with Gasteiger partial charge in [0.2, 0.25) is 5.78 Å². The number of aromatic hydroxyl groups is 1. The van der Waals surface area contributed by atoms with E-state index in [4.69, 9.17) is 0 Å². The first-order chi connectivity index (χ1) is 18.2. The van der Waals surface area contributed by atoms with Crippen molar-refractivity contribution in [1.82, 2.24) is 4.57 Å². The molecule has 7 nitrogen and oxygen atoms in total. The van der Waals surface area contributed by atoms with Gasteiger partial charge >= 0.3 is 5.97 Å². The van der Waals surface area contributed by atoms with E-state index in [1.165, 1.54) is 12.1 Å². The fourth-order valence-corrected chi connectivity index (χ4v) is 6.14. The molecular weight excluding hydrogens is 615 g/mol. The Labute approximate surface area is 235 Å². The van der Waals surface area contributed by atoms with Crippen molar-refractivity contribution in [3.8, 4) is 28.1 Å². The predicted octanol–water partition coefficient (Wildman–Crippen LogP) is 6.33. The maximum atomic E-state index is 12.7. The van der Waals surface area contributed by atoms with Gasteiger partial charge in [-0.1, -0.05) is 36.4 Å². The monoisotopic (exact) mass is 636 g/mol. The zero-order chi connectivity index (χ0) is 27.0. The van der Waals surface area contributed by atoms with Crippen LogP contribution in [-0.2, 0) is 23.1 Å². The largest absolute Gasteiger partial charge is 0.507 e. The normalized spacial score (nSPS) is 11.0. The number of ketones is 1. The van der Waals surface area contributed by atoms with E-state index in [1.54, 1.807) is 29.5 Å². The van der Waals surface area contributed by atoms with Gasteiger partial charge < -0.3 is 20.1 Å². The van der Waals surface area contributed by atoms with Crippen molar-refractivity contribution >= 4 is 68.2 Å². The minimum absolute atomic E-state index is 0.00799. The molecule has 0 aliphatic heterocycles. The summed E-state index contributed by atoms with van der Waals surface area (Å²) in [4.78, 5) is 36.8. The quantitative estimate of drug-likeness (QED) is 0.143. The number of benzene rings is 3. The van der Waals surface area contributed by atoms with Gasteiger partial charge in [-0.3, -0.25) is 9.59 Å². The van der Waals surface area contributed by atoms with E-state index in [2.05, 4.69) is 33.3 Å². The molecule has 0 unspecified atom stereocenters. The molecule has 0 saturated heterocycles. The number of aromatic carboxylic acids is 1. The topological polar surface area (TPSA) is 109 Å². The lowest BCUT2D eigenvalue weighted by molar-refractivity contribution is -0.134. The van der Waals surface area contributed by atoms with Crippen molar-refractivity contribution in [2.75, 3.05) is 5.32 Å². The number of hydrogen-bond acceptors (Lipinski definition) is 5. The van der Waals surface area contributed by atoms with E-state index < -0.39 is 17.7 Å². The number of aryl methyl sites for hydroxylation is 1. The van der Waals surface area contributed by atoms with E-state index in [0.717, 1.165) is 31.5 Å². The molecule has 0 aliphatic carbocycles. The summed E-state index contributed by atoms with van der Waals surface area (Å²) in [5.74, 6) is -2.77. The van der Waals surface area contributed by atoms with Crippen LogP contribution in [0.25, 0.3) is 33.3 Å². The van der Waals surface area contributed by atoms with Gasteiger partial charge in [0, 0.05) is 39.7 Å². The van der Waals surface area contributed by atoms with E-state index in [1.807, 2.05) is 53.4 Å². The SMILES string of the molecule is Cn1c(-c2cccc(NC(=O)C(=O)Cc3ccc(-c4ccsc4)cc3)c2)c(I)c2cc(C(=O)O)c(O)cc21. The van der Waals surface area contributed by atoms with Crippen LogP contribution in [0.3, 0.4) is 0 Å². The summed E-state index contributed by atoms with van der Waals surface area (Å²) in [6, 6.07) is 19.6. The number of hydrogen-bond donors (Lipinski definition) is 3. The fraction of sp³-hybridized carbons (Fsp3) is 0.0690. The summed E-state index contributed by atoms with van der Waals surface area (Å²) >= 11 is 3.76. The Balaban J connectivity index is 1.35. The van der Waals surface area contributed by atoms with Gasteiger partial charge in [-0.05, 0) is 74.3 Å². The number of anilines is 1. The molecule has 1 amide bonds. The molecule has 3 N–H and O–H groups in total. The summed E-state index contributed by atoms with van der Waals surface area (Å²) in [6.07, 6.45) is -0.00799. The molecule has 9 heteroatoms. The lowest BCUT2D eigenvalue weighted by atomic mass is 10.0. The smallest absolute Gasteiger partial charge is 0.339 e. The predicted molar refractivity (Wildman–Crippen MR) is 157 cm³/mol. The van der Waals surface area contributed by atoms with E-state index in [-0.39, 0.29) is 17.7 Å². The molecule has 0 bridgehead atoms. The molecule has 0 radical (unpaired) electrons. The number of amides is 1. The van der Waals surface area contributed by atoms with Crippen LogP contribution in [0.4, 0.5) is 5.69 Å². The lowest BCUT2D eigenvalue weighted by Gasteiger charge is -2.09. The molecule has 3 aromatic carbocycles. The molecule has 0 fully saturated rings. The number of carboxylic acid groups (broad SMARTS) is 1. The Bertz CT molecular complexity index is 1710. The highest BCUT2D eigenvalue weighted by Gasteiger charge is 2.20. The van der Waals surface area contributed by atoms with Crippen LogP contribution in [0, 0.1) is 3.57 Å². The van der Waals surface area contributed by atoms with Crippen molar-refractivity contribution in [1.29, 1.82) is 0 Å². The third-order valence-corrected chi connectivity index (χ3v) is 8.08. The summed E-state index contributed by atoms with van der Waals surface area (Å²) in [6.45, 7) is 0. The van der Waals surface area contributed by atoms with Crippen molar-refractivity contribution in [3.05, 3.63) is 92.2 Å². The number of phenols is 1. The van der Waals surface area contributed by atoms with Gasteiger partial charge in [-0.25, -0.2) is 4.79 Å². The highest BCUT2D eigenvalue weighted by Crippen LogP contribution is 2.37. The van der Waals surface area contributed by atoms with Gasteiger partial charge in [0.05, 0.1) is 11.2 Å². The molecule has 5 aromatic rings. The Morgan fingerprint density at radius 1 is 0.974 bits per heavy atom. The van der Waals surface area contributed by atoms with Crippen LogP contribution in [0.2, 0.25) is 0 Å². The number of nitrogens with zero attached hydrogens (tertiary/aromatic N) is 1. The van der Waals surface area contributed by atoms with Crippen LogP contribution < -0.4 is 5.32 Å². The number of carboxylic acids is 1. The van der Waals surface area contributed by atoms with Crippen LogP contribution in [0.1, 0.15) is 15.9 Å². The van der Waals surface area contributed by atoms with Gasteiger partial charge in [-0.2, -0.15) is 11.3 Å². The Hall–Kier alpha value is -3.96. The summed E-state index contributed by atoms with van der Waals surface area (Å²) in [5, 5.41) is 27.0. The molecule has 38 heavy (non-hydrogen) atoms. The lowest BCUT2D eigenvalue weighted by Crippen LogP contribution is -2.24. The number of aromatic nitrogens is 1. The third-order valence-electron chi connectivity index (χ3n) is 6.31. The Kier molecular flexibility index (Phi) is 7.04. The summed E-state index contributed by atoms with van der Waals surface area (Å²) in [5.41, 5.74) is 5.44. The molecule has 0 aliphatic rings. The molecule has 2 aromatic heterocycles. The van der Waals surface area contributed by atoms with Crippen LogP contribution in [0.5, 0.6) is 5.75 Å². The summed E-state index contributed by atoms with van der Waals surface area (Å²) in [7, 11) is 1.82. The average Bonchev–Trinajstić information content (AvgIpc) is 3.51. The Morgan fingerprint density at radius 2 is 1.74 bits per heavy atom. The van der Waals surface area contributed by atoms with Crippen molar-refractivity contribution < 1.29 is 24.6 Å². The van der Waals surface area contributed by atoms with Gasteiger partial charge in [0.1, 0.15) is 11.3 Å². The standard InChI is InChI=1S/C29H21IN2O5S/c1-32-23-14-24(33)22(29(36)37)13-21(23)26(30)27(32)18-3-2-4-20(12-18)31-28(35)25(34)11-16-5-7-17(8-6-16)19-9-10-38-15-19/h2-10,12-15,33H,11H2,1H3,(H,31,35)(H,36,37). The van der Waals surface area contributed by atoms with Crippen LogP contribution in [0.15, 0.2) is 77.5 Å². The third kappa shape index (κ3) is 4.94. The highest BCUT2D eigenvalue weighted by molar-refractivity contribution is 14.1. The second-order valence-electron chi connectivity index (χ2n) is 8.76. The van der Waals surface area contributed by atoms with Gasteiger partial charge in [0.25, 0.3) is 5.91 Å². The molecule has 0 saturated carbocycles. The van der Waals surface area contributed by atoms with E-state index in [0.29, 0.717) is 16.6 Å². The zero-order valence-electron chi connectivity index (χ0n) is 20.1. The number of halogens is 1. The number of rotatable bonds is 7. The highest BCUT2D eigenvalue weighted by atomic mass is 127. The zero-order valence-corrected chi connectivity index (χ0v) is 23.0. The number of thiophene rings is 1. The Morgan fingerprint density at radius 3 is 2.42 bits per heavy atom. The number of carbonyl (C=O) groups excluding carboxylic acids is 2. The van der Waals surface area contributed by atoms with Crippen molar-refractivity contribution in [2.24, 2.45) is 7.05 Å². The van der Waals surface area contributed by atoms with E-state index in [9.17, 15) is 24.6 Å².